The van der Waals surface area contributed by atoms with Crippen LogP contribution in [0.2, 0.25) is 0 Å². The van der Waals surface area contributed by atoms with Gasteiger partial charge in [0.1, 0.15) is 0 Å². The molecule has 188 valence electrons. The maximum absolute atomic E-state index is 13.1. The summed E-state index contributed by atoms with van der Waals surface area (Å²) in [4.78, 5) is 20.8. The SMILES string of the molecule is Cc1cc(C)c2[nH]c(=O)c(CN(CCN3CCOCC3)Cc3nnnn3Cc3ccccc3)cc2c1. The number of aromatic nitrogens is 5. The maximum atomic E-state index is 13.1. The van der Waals surface area contributed by atoms with Crippen molar-refractivity contribution in [3.63, 3.8) is 0 Å². The van der Waals surface area contributed by atoms with Gasteiger partial charge in [0.15, 0.2) is 5.82 Å². The number of morpholine rings is 1. The normalized spacial score (nSPS) is 14.6. The van der Waals surface area contributed by atoms with E-state index in [1.807, 2.05) is 35.9 Å². The summed E-state index contributed by atoms with van der Waals surface area (Å²) in [5.41, 5.74) is 5.01. The van der Waals surface area contributed by atoms with Gasteiger partial charge in [-0.2, -0.15) is 0 Å². The third-order valence-electron chi connectivity index (χ3n) is 6.75. The van der Waals surface area contributed by atoms with E-state index in [4.69, 9.17) is 4.74 Å². The fourth-order valence-electron chi connectivity index (χ4n) is 4.83. The molecule has 36 heavy (non-hydrogen) atoms. The van der Waals surface area contributed by atoms with Crippen LogP contribution in [0.15, 0.2) is 53.3 Å². The molecule has 0 saturated carbocycles. The number of aromatic amines is 1. The predicted octanol–water partition coefficient (Wildman–Crippen LogP) is 2.51. The lowest BCUT2D eigenvalue weighted by Crippen LogP contribution is -2.41. The Morgan fingerprint density at radius 1 is 1.06 bits per heavy atom. The van der Waals surface area contributed by atoms with Crippen LogP contribution in [-0.2, 0) is 24.4 Å². The van der Waals surface area contributed by atoms with Gasteiger partial charge in [0.2, 0.25) is 0 Å². The summed E-state index contributed by atoms with van der Waals surface area (Å²) in [5, 5.41) is 13.6. The molecule has 0 spiro atoms. The quantitative estimate of drug-likeness (QED) is 0.388. The number of tetrazole rings is 1. The number of benzene rings is 2. The van der Waals surface area contributed by atoms with Crippen LogP contribution in [0.3, 0.4) is 0 Å². The topological polar surface area (TPSA) is 92.2 Å². The molecule has 0 atom stereocenters. The molecule has 9 heteroatoms. The van der Waals surface area contributed by atoms with Gasteiger partial charge in [-0.3, -0.25) is 14.6 Å². The van der Waals surface area contributed by atoms with Crippen molar-refractivity contribution < 1.29 is 4.74 Å². The Hall–Kier alpha value is -3.40. The number of hydrogen-bond donors (Lipinski definition) is 1. The Labute approximate surface area is 210 Å². The number of aryl methyl sites for hydroxylation is 2. The van der Waals surface area contributed by atoms with Crippen molar-refractivity contribution in [3.8, 4) is 0 Å². The zero-order valence-electron chi connectivity index (χ0n) is 21.0. The predicted molar refractivity (Wildman–Crippen MR) is 139 cm³/mol. The minimum Gasteiger partial charge on any atom is -0.379 e. The van der Waals surface area contributed by atoms with Crippen molar-refractivity contribution in [1.29, 1.82) is 0 Å². The van der Waals surface area contributed by atoms with E-state index >= 15 is 0 Å². The lowest BCUT2D eigenvalue weighted by molar-refractivity contribution is 0.0322. The van der Waals surface area contributed by atoms with Crippen LogP contribution in [0.5, 0.6) is 0 Å². The van der Waals surface area contributed by atoms with E-state index in [0.29, 0.717) is 19.6 Å². The van der Waals surface area contributed by atoms with Gasteiger partial charge in [-0.25, -0.2) is 4.68 Å². The Bertz CT molecular complexity index is 1360. The molecule has 9 nitrogen and oxygen atoms in total. The number of rotatable bonds is 9. The first kappa shape index (κ1) is 24.3. The summed E-state index contributed by atoms with van der Waals surface area (Å²) in [7, 11) is 0. The molecule has 0 bridgehead atoms. The number of fused-ring (bicyclic) bond motifs is 1. The van der Waals surface area contributed by atoms with E-state index in [-0.39, 0.29) is 5.56 Å². The molecule has 1 N–H and O–H groups in total. The minimum atomic E-state index is -0.0466. The standard InChI is InChI=1S/C27H33N7O2/c1-20-14-21(2)26-23(15-20)16-24(27(35)28-26)18-33(9-8-32-10-12-36-13-11-32)19-25-29-30-31-34(25)17-22-6-4-3-5-7-22/h3-7,14-16H,8-13,17-19H2,1-2H3,(H,28,35). The van der Waals surface area contributed by atoms with Crippen LogP contribution in [0.1, 0.15) is 28.1 Å². The number of H-pyrrole nitrogens is 1. The van der Waals surface area contributed by atoms with E-state index in [9.17, 15) is 4.79 Å². The van der Waals surface area contributed by atoms with E-state index in [2.05, 4.69) is 61.5 Å². The Morgan fingerprint density at radius 2 is 1.86 bits per heavy atom. The van der Waals surface area contributed by atoms with E-state index in [1.54, 1.807) is 0 Å². The summed E-state index contributed by atoms with van der Waals surface area (Å²) < 4.78 is 7.35. The highest BCUT2D eigenvalue weighted by molar-refractivity contribution is 5.82. The molecule has 4 aromatic rings. The van der Waals surface area contributed by atoms with Gasteiger partial charge in [-0.15, -0.1) is 5.10 Å². The number of nitrogens with zero attached hydrogens (tertiary/aromatic N) is 6. The summed E-state index contributed by atoms with van der Waals surface area (Å²) in [6.45, 7) is 10.9. The molecule has 1 aliphatic rings. The van der Waals surface area contributed by atoms with Crippen LogP contribution in [-0.4, -0.2) is 74.4 Å². The first-order valence-electron chi connectivity index (χ1n) is 12.5. The number of nitrogens with one attached hydrogen (secondary N) is 1. The number of hydrogen-bond acceptors (Lipinski definition) is 7. The summed E-state index contributed by atoms with van der Waals surface area (Å²) in [6.07, 6.45) is 0. The second-order valence-electron chi connectivity index (χ2n) is 9.57. The highest BCUT2D eigenvalue weighted by Gasteiger charge is 2.18. The zero-order valence-corrected chi connectivity index (χ0v) is 21.0. The van der Waals surface area contributed by atoms with E-state index < -0.39 is 0 Å². The summed E-state index contributed by atoms with van der Waals surface area (Å²) in [5.74, 6) is 0.782. The Morgan fingerprint density at radius 3 is 2.67 bits per heavy atom. The lowest BCUT2D eigenvalue weighted by atomic mass is 10.1. The van der Waals surface area contributed by atoms with Crippen molar-refractivity contribution in [1.82, 2.24) is 35.0 Å². The highest BCUT2D eigenvalue weighted by atomic mass is 16.5. The number of ether oxygens (including phenoxy) is 1. The van der Waals surface area contributed by atoms with Gasteiger partial charge in [-0.05, 0) is 52.9 Å². The van der Waals surface area contributed by atoms with Crippen LogP contribution >= 0.6 is 0 Å². The van der Waals surface area contributed by atoms with Crippen molar-refractivity contribution >= 4 is 10.9 Å². The molecule has 0 radical (unpaired) electrons. The third kappa shape index (κ3) is 5.87. The molecule has 0 amide bonds. The second-order valence-corrected chi connectivity index (χ2v) is 9.57. The van der Waals surface area contributed by atoms with Gasteiger partial charge >= 0.3 is 0 Å². The highest BCUT2D eigenvalue weighted by Crippen LogP contribution is 2.19. The fraction of sp³-hybridized carbons (Fsp3) is 0.407. The summed E-state index contributed by atoms with van der Waals surface area (Å²) in [6, 6.07) is 16.4. The molecular weight excluding hydrogens is 454 g/mol. The number of pyridine rings is 1. The van der Waals surface area contributed by atoms with Crippen molar-refractivity contribution in [2.45, 2.75) is 33.5 Å². The van der Waals surface area contributed by atoms with Crippen LogP contribution in [0.4, 0.5) is 0 Å². The van der Waals surface area contributed by atoms with Crippen LogP contribution < -0.4 is 5.56 Å². The largest absolute Gasteiger partial charge is 0.379 e. The molecule has 2 aromatic heterocycles. The smallest absolute Gasteiger partial charge is 0.252 e. The molecule has 3 heterocycles. The van der Waals surface area contributed by atoms with E-state index in [1.165, 1.54) is 5.56 Å². The fourth-order valence-corrected chi connectivity index (χ4v) is 4.83. The van der Waals surface area contributed by atoms with Gasteiger partial charge in [0.25, 0.3) is 5.56 Å². The molecule has 1 saturated heterocycles. The molecule has 5 rings (SSSR count). The Balaban J connectivity index is 1.39. The average molecular weight is 488 g/mol. The van der Waals surface area contributed by atoms with Gasteiger partial charge in [0, 0.05) is 38.3 Å². The first-order valence-corrected chi connectivity index (χ1v) is 12.5. The van der Waals surface area contributed by atoms with Gasteiger partial charge in [-0.1, -0.05) is 42.0 Å². The van der Waals surface area contributed by atoms with Crippen molar-refractivity contribution in [3.05, 3.63) is 87.0 Å². The third-order valence-corrected chi connectivity index (χ3v) is 6.75. The Kier molecular flexibility index (Phi) is 7.50. The van der Waals surface area contributed by atoms with Crippen LogP contribution in [0, 0.1) is 13.8 Å². The van der Waals surface area contributed by atoms with Crippen molar-refractivity contribution in [2.75, 3.05) is 39.4 Å². The molecule has 0 unspecified atom stereocenters. The molecule has 1 fully saturated rings. The summed E-state index contributed by atoms with van der Waals surface area (Å²) >= 11 is 0. The van der Waals surface area contributed by atoms with E-state index in [0.717, 1.165) is 72.8 Å². The molecule has 0 aliphatic carbocycles. The average Bonchev–Trinajstić information content (AvgIpc) is 3.31. The molecule has 1 aliphatic heterocycles. The van der Waals surface area contributed by atoms with Crippen molar-refractivity contribution in [2.24, 2.45) is 0 Å². The van der Waals surface area contributed by atoms with Gasteiger partial charge < -0.3 is 9.72 Å². The lowest BCUT2D eigenvalue weighted by Gasteiger charge is -2.29. The second kappa shape index (κ2) is 11.1. The molecule has 2 aromatic carbocycles. The molecular formula is C27H33N7O2. The van der Waals surface area contributed by atoms with Crippen LogP contribution in [0.25, 0.3) is 10.9 Å². The monoisotopic (exact) mass is 487 g/mol. The minimum absolute atomic E-state index is 0.0466. The maximum Gasteiger partial charge on any atom is 0.252 e. The first-order chi connectivity index (χ1) is 17.5. The van der Waals surface area contributed by atoms with Gasteiger partial charge in [0.05, 0.1) is 31.8 Å². The zero-order chi connectivity index (χ0) is 24.9.